The molecule has 4 bridgehead atoms. The van der Waals surface area contributed by atoms with Gasteiger partial charge in [0.15, 0.2) is 0 Å². The van der Waals surface area contributed by atoms with Gasteiger partial charge in [0.05, 0.1) is 5.41 Å². The first-order chi connectivity index (χ1) is 9.96. The molecule has 0 saturated heterocycles. The van der Waals surface area contributed by atoms with Crippen LogP contribution < -0.4 is 5.32 Å². The minimum atomic E-state index is -0.144. The largest absolute Gasteiger partial charge is 0.325 e. The second-order valence-corrected chi connectivity index (χ2v) is 8.26. The highest BCUT2D eigenvalue weighted by Crippen LogP contribution is 2.65. The average Bonchev–Trinajstić information content (AvgIpc) is 2.35. The lowest BCUT2D eigenvalue weighted by molar-refractivity contribution is -0.149. The minimum absolute atomic E-state index is 0.144. The Morgan fingerprint density at radius 1 is 1.33 bits per heavy atom. The highest BCUT2D eigenvalue weighted by atomic mass is 35.5. The van der Waals surface area contributed by atoms with E-state index in [0.717, 1.165) is 36.8 Å². The van der Waals surface area contributed by atoms with E-state index in [1.54, 1.807) is 12.3 Å². The Labute approximate surface area is 130 Å². The lowest BCUT2D eigenvalue weighted by atomic mass is 9.44. The smallest absolute Gasteiger partial charge is 0.230 e. The molecule has 21 heavy (non-hydrogen) atoms. The number of anilines is 1. The maximum atomic E-state index is 12.9. The molecule has 4 heteroatoms. The second kappa shape index (κ2) is 4.45. The van der Waals surface area contributed by atoms with Crippen molar-refractivity contribution in [1.29, 1.82) is 0 Å². The van der Waals surface area contributed by atoms with Crippen LogP contribution in [0.15, 0.2) is 18.3 Å². The summed E-state index contributed by atoms with van der Waals surface area (Å²) in [6, 6.07) is 3.54. The number of amides is 1. The van der Waals surface area contributed by atoms with Crippen molar-refractivity contribution in [3.05, 3.63) is 23.5 Å². The van der Waals surface area contributed by atoms with Gasteiger partial charge >= 0.3 is 0 Å². The van der Waals surface area contributed by atoms with Gasteiger partial charge in [-0.25, -0.2) is 4.98 Å². The second-order valence-electron chi connectivity index (χ2n) is 7.87. The van der Waals surface area contributed by atoms with Gasteiger partial charge in [-0.2, -0.15) is 0 Å². The fourth-order valence-corrected chi connectivity index (χ4v) is 5.90. The fraction of sp³-hybridized carbons (Fsp3) is 0.647. The number of carbonyl (C=O) groups is 1. The first-order valence-corrected chi connectivity index (χ1v) is 8.27. The van der Waals surface area contributed by atoms with Crippen molar-refractivity contribution in [2.45, 2.75) is 45.4 Å². The summed E-state index contributed by atoms with van der Waals surface area (Å²) < 4.78 is 0. The SMILES string of the molecule is CC12CC3CC(C1)CC(C(=O)Nc1ccnc(Cl)c1)(C3)C2. The zero-order valence-electron chi connectivity index (χ0n) is 12.4. The molecule has 5 rings (SSSR count). The van der Waals surface area contributed by atoms with Crippen molar-refractivity contribution in [2.75, 3.05) is 5.32 Å². The van der Waals surface area contributed by atoms with E-state index in [-0.39, 0.29) is 11.3 Å². The Balaban J connectivity index is 1.59. The van der Waals surface area contributed by atoms with Crippen LogP contribution in [0.5, 0.6) is 0 Å². The molecule has 1 amide bonds. The van der Waals surface area contributed by atoms with E-state index in [2.05, 4.69) is 17.2 Å². The van der Waals surface area contributed by atoms with Crippen molar-refractivity contribution in [1.82, 2.24) is 4.98 Å². The van der Waals surface area contributed by atoms with Crippen LogP contribution in [0.25, 0.3) is 0 Å². The number of carbonyl (C=O) groups excluding carboxylic acids is 1. The van der Waals surface area contributed by atoms with Gasteiger partial charge in [0.1, 0.15) is 5.15 Å². The maximum Gasteiger partial charge on any atom is 0.230 e. The molecular weight excluding hydrogens is 284 g/mol. The molecule has 2 atom stereocenters. The quantitative estimate of drug-likeness (QED) is 0.829. The highest BCUT2D eigenvalue weighted by molar-refractivity contribution is 6.29. The number of nitrogens with zero attached hydrogens (tertiary/aromatic N) is 1. The molecule has 1 N–H and O–H groups in total. The summed E-state index contributed by atoms with van der Waals surface area (Å²) >= 11 is 5.91. The molecule has 0 radical (unpaired) electrons. The van der Waals surface area contributed by atoms with Crippen molar-refractivity contribution < 1.29 is 4.79 Å². The van der Waals surface area contributed by atoms with Gasteiger partial charge in [-0.15, -0.1) is 0 Å². The molecule has 0 spiro atoms. The van der Waals surface area contributed by atoms with Crippen LogP contribution in [-0.4, -0.2) is 10.9 Å². The summed E-state index contributed by atoms with van der Waals surface area (Å²) in [5, 5.41) is 3.52. The Kier molecular flexibility index (Phi) is 2.88. The van der Waals surface area contributed by atoms with Crippen LogP contribution in [-0.2, 0) is 4.79 Å². The summed E-state index contributed by atoms with van der Waals surface area (Å²) in [6.07, 6.45) is 8.81. The van der Waals surface area contributed by atoms with Crippen LogP contribution in [0.1, 0.15) is 45.4 Å². The van der Waals surface area contributed by atoms with E-state index in [4.69, 9.17) is 11.6 Å². The van der Waals surface area contributed by atoms with Crippen molar-refractivity contribution in [2.24, 2.45) is 22.7 Å². The topological polar surface area (TPSA) is 42.0 Å². The maximum absolute atomic E-state index is 12.9. The van der Waals surface area contributed by atoms with Crippen molar-refractivity contribution in [3.63, 3.8) is 0 Å². The molecule has 4 aliphatic rings. The predicted molar refractivity (Wildman–Crippen MR) is 83.1 cm³/mol. The summed E-state index contributed by atoms with van der Waals surface area (Å²) in [5.41, 5.74) is 1.01. The molecule has 4 saturated carbocycles. The van der Waals surface area contributed by atoms with Gasteiger partial charge < -0.3 is 5.32 Å². The molecule has 1 aromatic rings. The Morgan fingerprint density at radius 2 is 2.05 bits per heavy atom. The number of hydrogen-bond acceptors (Lipinski definition) is 2. The van der Waals surface area contributed by atoms with Crippen LogP contribution in [0.3, 0.4) is 0 Å². The van der Waals surface area contributed by atoms with Crippen molar-refractivity contribution >= 4 is 23.2 Å². The lowest BCUT2D eigenvalue weighted by Gasteiger charge is -2.60. The third-order valence-electron chi connectivity index (χ3n) is 5.82. The summed E-state index contributed by atoms with van der Waals surface area (Å²) in [6.45, 7) is 2.38. The van der Waals surface area contributed by atoms with Crippen LogP contribution in [0.2, 0.25) is 5.15 Å². The fourth-order valence-electron chi connectivity index (χ4n) is 5.73. The number of pyridine rings is 1. The molecule has 112 valence electrons. The van der Waals surface area contributed by atoms with Gasteiger partial charge in [-0.05, 0) is 67.9 Å². The van der Waals surface area contributed by atoms with Crippen LogP contribution in [0.4, 0.5) is 5.69 Å². The predicted octanol–water partition coefficient (Wildman–Crippen LogP) is 4.28. The van der Waals surface area contributed by atoms with Crippen molar-refractivity contribution in [3.8, 4) is 0 Å². The van der Waals surface area contributed by atoms with E-state index in [1.165, 1.54) is 19.3 Å². The van der Waals surface area contributed by atoms with E-state index >= 15 is 0 Å². The Hall–Kier alpha value is -1.09. The van der Waals surface area contributed by atoms with Gasteiger partial charge in [0.2, 0.25) is 5.91 Å². The number of rotatable bonds is 2. The summed E-state index contributed by atoms with van der Waals surface area (Å²) in [7, 11) is 0. The number of nitrogens with one attached hydrogen (secondary N) is 1. The third kappa shape index (κ3) is 2.26. The van der Waals surface area contributed by atoms with Gasteiger partial charge in [-0.1, -0.05) is 18.5 Å². The molecule has 0 aromatic carbocycles. The minimum Gasteiger partial charge on any atom is -0.325 e. The normalized spacial score (nSPS) is 40.3. The highest BCUT2D eigenvalue weighted by Gasteiger charge is 2.58. The van der Waals surface area contributed by atoms with Gasteiger partial charge in [-0.3, -0.25) is 4.79 Å². The lowest BCUT2D eigenvalue weighted by Crippen LogP contribution is -2.55. The molecule has 1 heterocycles. The van der Waals surface area contributed by atoms with E-state index in [9.17, 15) is 4.79 Å². The van der Waals surface area contributed by atoms with E-state index < -0.39 is 0 Å². The van der Waals surface area contributed by atoms with E-state index in [0.29, 0.717) is 10.6 Å². The van der Waals surface area contributed by atoms with E-state index in [1.807, 2.05) is 6.07 Å². The number of hydrogen-bond donors (Lipinski definition) is 1. The molecule has 4 fully saturated rings. The van der Waals surface area contributed by atoms with Gasteiger partial charge in [0, 0.05) is 11.9 Å². The zero-order valence-corrected chi connectivity index (χ0v) is 13.1. The molecular formula is C17H21ClN2O. The van der Waals surface area contributed by atoms with Crippen LogP contribution in [0, 0.1) is 22.7 Å². The first kappa shape index (κ1) is 13.6. The zero-order chi connectivity index (χ0) is 14.7. The van der Waals surface area contributed by atoms with Gasteiger partial charge in [0.25, 0.3) is 0 Å². The average molecular weight is 305 g/mol. The Morgan fingerprint density at radius 3 is 2.67 bits per heavy atom. The number of halogens is 1. The third-order valence-corrected chi connectivity index (χ3v) is 6.03. The Bertz CT molecular complexity index is 586. The summed E-state index contributed by atoms with van der Waals surface area (Å²) in [4.78, 5) is 16.9. The first-order valence-electron chi connectivity index (χ1n) is 7.90. The summed E-state index contributed by atoms with van der Waals surface area (Å²) in [5.74, 6) is 1.70. The molecule has 2 unspecified atom stereocenters. The number of aromatic nitrogens is 1. The monoisotopic (exact) mass is 304 g/mol. The standard InChI is InChI=1S/C17H21ClN2O/c1-16-6-11-4-12(7-16)9-17(8-11,10-16)15(21)20-13-2-3-19-14(18)5-13/h2-3,5,11-12H,4,6-10H2,1H3,(H,19,20,21). The molecule has 0 aliphatic heterocycles. The molecule has 3 nitrogen and oxygen atoms in total. The van der Waals surface area contributed by atoms with Crippen LogP contribution >= 0.6 is 11.6 Å². The molecule has 4 aliphatic carbocycles. The molecule has 1 aromatic heterocycles.